The summed E-state index contributed by atoms with van der Waals surface area (Å²) in [5, 5.41) is 3.15. The van der Waals surface area contributed by atoms with Crippen LogP contribution >= 0.6 is 0 Å². The lowest BCUT2D eigenvalue weighted by Gasteiger charge is -2.10. The number of rotatable bonds is 6. The first kappa shape index (κ1) is 14.5. The molecule has 0 fully saturated rings. The molecular weight excluding hydrogens is 278 g/mol. The zero-order valence-electron chi connectivity index (χ0n) is 11.4. The maximum atomic E-state index is 11.4. The molecule has 0 bridgehead atoms. The summed E-state index contributed by atoms with van der Waals surface area (Å²) in [6.45, 7) is 1.23. The van der Waals surface area contributed by atoms with E-state index in [-0.39, 0.29) is 0 Å². The Bertz CT molecular complexity index is 662. The molecule has 0 saturated heterocycles. The van der Waals surface area contributed by atoms with Gasteiger partial charge in [0, 0.05) is 38.0 Å². The summed E-state index contributed by atoms with van der Waals surface area (Å²) >= 11 is 0. The molecule has 0 spiro atoms. The van der Waals surface area contributed by atoms with E-state index in [2.05, 4.69) is 10.3 Å². The smallest absolute Gasteiger partial charge is 0.207 e. The van der Waals surface area contributed by atoms with E-state index in [0.29, 0.717) is 24.0 Å². The number of imidazole rings is 1. The normalized spacial score (nSPS) is 11.5. The second-order valence-electron chi connectivity index (χ2n) is 4.31. The van der Waals surface area contributed by atoms with E-state index in [1.54, 1.807) is 37.6 Å². The lowest BCUT2D eigenvalue weighted by molar-refractivity contribution is 0.210. The second kappa shape index (κ2) is 6.06. The van der Waals surface area contributed by atoms with Crippen molar-refractivity contribution in [1.29, 1.82) is 0 Å². The summed E-state index contributed by atoms with van der Waals surface area (Å²) in [7, 11) is -1.54. The van der Waals surface area contributed by atoms with Gasteiger partial charge in [0.2, 0.25) is 5.95 Å². The van der Waals surface area contributed by atoms with Gasteiger partial charge in [-0.1, -0.05) is 0 Å². The Labute approximate surface area is 118 Å². The maximum Gasteiger partial charge on any atom is 0.207 e. The van der Waals surface area contributed by atoms with E-state index >= 15 is 0 Å². The van der Waals surface area contributed by atoms with Crippen molar-refractivity contribution in [2.75, 3.05) is 31.8 Å². The summed E-state index contributed by atoms with van der Waals surface area (Å²) in [6.07, 6.45) is 4.68. The Balaban J connectivity index is 2.22. The lowest BCUT2D eigenvalue weighted by atomic mass is 10.3. The summed E-state index contributed by atoms with van der Waals surface area (Å²) in [5.41, 5.74) is 0.842. The van der Waals surface area contributed by atoms with Gasteiger partial charge in [0.05, 0.1) is 11.5 Å². The molecule has 1 N–H and O–H groups in total. The maximum absolute atomic E-state index is 11.4. The average molecular weight is 295 g/mol. The second-order valence-corrected chi connectivity index (χ2v) is 6.32. The van der Waals surface area contributed by atoms with Crippen molar-refractivity contribution < 1.29 is 13.2 Å². The first-order valence-electron chi connectivity index (χ1n) is 6.09. The predicted octanol–water partition coefficient (Wildman–Crippen LogP) is 1.33. The number of benzene rings is 1. The van der Waals surface area contributed by atoms with Gasteiger partial charge in [0.1, 0.15) is 0 Å². The molecule has 0 atom stereocenters. The van der Waals surface area contributed by atoms with Crippen molar-refractivity contribution in [1.82, 2.24) is 9.55 Å². The standard InChI is InChI=1S/C13H17N3O3S/c1-19-10-8-15-13-14-7-9-16(13)11-3-5-12(6-4-11)20(2,17)18/h3-7,9H,8,10H2,1-2H3,(H,14,15). The molecular formula is C13H17N3O3S. The van der Waals surface area contributed by atoms with Gasteiger partial charge in [-0.2, -0.15) is 0 Å². The van der Waals surface area contributed by atoms with E-state index < -0.39 is 9.84 Å². The van der Waals surface area contributed by atoms with Gasteiger partial charge < -0.3 is 10.1 Å². The molecule has 0 radical (unpaired) electrons. The van der Waals surface area contributed by atoms with Crippen LogP contribution in [0.5, 0.6) is 0 Å². The van der Waals surface area contributed by atoms with Gasteiger partial charge >= 0.3 is 0 Å². The third-order valence-electron chi connectivity index (χ3n) is 2.77. The summed E-state index contributed by atoms with van der Waals surface area (Å²) in [4.78, 5) is 4.51. The Morgan fingerprint density at radius 1 is 1.30 bits per heavy atom. The number of nitrogens with zero attached hydrogens (tertiary/aromatic N) is 2. The minimum absolute atomic E-state index is 0.301. The minimum atomic E-state index is -3.17. The third kappa shape index (κ3) is 3.37. The fourth-order valence-corrected chi connectivity index (χ4v) is 2.39. The van der Waals surface area contributed by atoms with Gasteiger partial charge in [-0.25, -0.2) is 13.4 Å². The Hall–Kier alpha value is -1.86. The van der Waals surface area contributed by atoms with Crippen LogP contribution in [0, 0.1) is 0 Å². The average Bonchev–Trinajstić information content (AvgIpc) is 2.87. The number of methoxy groups -OCH3 is 1. The minimum Gasteiger partial charge on any atom is -0.383 e. The molecule has 7 heteroatoms. The highest BCUT2D eigenvalue weighted by Gasteiger charge is 2.08. The van der Waals surface area contributed by atoms with Crippen LogP contribution < -0.4 is 5.32 Å². The van der Waals surface area contributed by atoms with Crippen LogP contribution in [0.15, 0.2) is 41.6 Å². The number of hydrogen-bond acceptors (Lipinski definition) is 5. The quantitative estimate of drug-likeness (QED) is 0.814. The highest BCUT2D eigenvalue weighted by Crippen LogP contribution is 2.17. The molecule has 2 rings (SSSR count). The van der Waals surface area contributed by atoms with Gasteiger partial charge in [0.15, 0.2) is 9.84 Å². The molecule has 0 unspecified atom stereocenters. The summed E-state index contributed by atoms with van der Waals surface area (Å²) in [6, 6.07) is 6.67. The topological polar surface area (TPSA) is 73.2 Å². The Kier molecular flexibility index (Phi) is 4.41. The number of aromatic nitrogens is 2. The highest BCUT2D eigenvalue weighted by molar-refractivity contribution is 7.90. The van der Waals surface area contributed by atoms with E-state index in [1.807, 2.05) is 10.8 Å². The van der Waals surface area contributed by atoms with Crippen LogP contribution in [0.4, 0.5) is 5.95 Å². The molecule has 6 nitrogen and oxygen atoms in total. The molecule has 1 heterocycles. The van der Waals surface area contributed by atoms with Crippen molar-refractivity contribution in [3.8, 4) is 5.69 Å². The molecule has 0 aliphatic carbocycles. The van der Waals surface area contributed by atoms with Gasteiger partial charge in [-0.05, 0) is 24.3 Å². The largest absolute Gasteiger partial charge is 0.383 e. The van der Waals surface area contributed by atoms with Crippen molar-refractivity contribution in [3.05, 3.63) is 36.7 Å². The van der Waals surface area contributed by atoms with E-state index in [0.717, 1.165) is 5.69 Å². The van der Waals surface area contributed by atoms with E-state index in [4.69, 9.17) is 4.74 Å². The monoisotopic (exact) mass is 295 g/mol. The molecule has 0 amide bonds. The molecule has 0 aliphatic rings. The van der Waals surface area contributed by atoms with Crippen LogP contribution in [0.1, 0.15) is 0 Å². The number of ether oxygens (including phenoxy) is 1. The van der Waals surface area contributed by atoms with Crippen LogP contribution in [0.2, 0.25) is 0 Å². The van der Waals surface area contributed by atoms with Gasteiger partial charge in [0.25, 0.3) is 0 Å². The van der Waals surface area contributed by atoms with Crippen molar-refractivity contribution >= 4 is 15.8 Å². The van der Waals surface area contributed by atoms with E-state index in [9.17, 15) is 8.42 Å². The summed E-state index contributed by atoms with van der Waals surface area (Å²) in [5.74, 6) is 0.689. The fourth-order valence-electron chi connectivity index (χ4n) is 1.76. The highest BCUT2D eigenvalue weighted by atomic mass is 32.2. The first-order valence-corrected chi connectivity index (χ1v) is 7.98. The zero-order chi connectivity index (χ0) is 14.6. The van der Waals surface area contributed by atoms with Gasteiger partial charge in [-0.3, -0.25) is 4.57 Å². The van der Waals surface area contributed by atoms with Crippen molar-refractivity contribution in [3.63, 3.8) is 0 Å². The number of anilines is 1. The predicted molar refractivity (Wildman–Crippen MR) is 77.0 cm³/mol. The number of nitrogens with one attached hydrogen (secondary N) is 1. The zero-order valence-corrected chi connectivity index (χ0v) is 12.2. The Morgan fingerprint density at radius 3 is 2.60 bits per heavy atom. The fraction of sp³-hybridized carbons (Fsp3) is 0.308. The molecule has 20 heavy (non-hydrogen) atoms. The molecule has 108 valence electrons. The van der Waals surface area contributed by atoms with Crippen LogP contribution in [-0.4, -0.2) is 44.5 Å². The molecule has 0 saturated carbocycles. The van der Waals surface area contributed by atoms with Crippen LogP contribution in [-0.2, 0) is 14.6 Å². The third-order valence-corrected chi connectivity index (χ3v) is 3.90. The summed E-state index contributed by atoms with van der Waals surface area (Å²) < 4.78 is 29.7. The van der Waals surface area contributed by atoms with Crippen LogP contribution in [0.3, 0.4) is 0 Å². The van der Waals surface area contributed by atoms with Crippen LogP contribution in [0.25, 0.3) is 5.69 Å². The lowest BCUT2D eigenvalue weighted by Crippen LogP contribution is -2.11. The molecule has 2 aromatic rings. The molecule has 1 aromatic heterocycles. The Morgan fingerprint density at radius 2 is 2.00 bits per heavy atom. The van der Waals surface area contributed by atoms with Crippen molar-refractivity contribution in [2.24, 2.45) is 0 Å². The van der Waals surface area contributed by atoms with Gasteiger partial charge in [-0.15, -0.1) is 0 Å². The van der Waals surface area contributed by atoms with E-state index in [1.165, 1.54) is 6.26 Å². The number of sulfone groups is 1. The number of hydrogen-bond donors (Lipinski definition) is 1. The first-order chi connectivity index (χ1) is 9.52. The SMILES string of the molecule is COCCNc1nccn1-c1ccc(S(C)(=O)=O)cc1. The molecule has 0 aliphatic heterocycles. The van der Waals surface area contributed by atoms with Crippen molar-refractivity contribution in [2.45, 2.75) is 4.90 Å². The molecule has 1 aromatic carbocycles.